The summed E-state index contributed by atoms with van der Waals surface area (Å²) in [7, 11) is 0. The van der Waals surface area contributed by atoms with Gasteiger partial charge in [0.05, 0.1) is 6.61 Å². The topological polar surface area (TPSA) is 26.7 Å². The highest BCUT2D eigenvalue weighted by Gasteiger charge is 2.21. The largest absolute Gasteiger partial charge is 0.395 e. The average molecular weight is 262 g/mol. The van der Waals surface area contributed by atoms with Gasteiger partial charge >= 0.3 is 0 Å². The Morgan fingerprint density at radius 2 is 1.79 bits per heavy atom. The van der Waals surface area contributed by atoms with Gasteiger partial charge in [-0.05, 0) is 37.5 Å². The molecule has 1 saturated heterocycles. The molecule has 0 spiro atoms. The molecule has 1 aromatic rings. The Labute approximate surface area is 116 Å². The van der Waals surface area contributed by atoms with Crippen LogP contribution in [0.5, 0.6) is 0 Å². The molecule has 106 valence electrons. The quantitative estimate of drug-likeness (QED) is 0.899. The molecule has 0 aliphatic carbocycles. The second-order valence-corrected chi connectivity index (χ2v) is 5.62. The van der Waals surface area contributed by atoms with Gasteiger partial charge in [-0.3, -0.25) is 9.80 Å². The van der Waals surface area contributed by atoms with Crippen LogP contribution in [0.15, 0.2) is 18.2 Å². The number of hydrogen-bond donors (Lipinski definition) is 1. The zero-order valence-electron chi connectivity index (χ0n) is 12.4. The van der Waals surface area contributed by atoms with Crippen molar-refractivity contribution in [1.82, 2.24) is 9.80 Å². The first-order chi connectivity index (χ1) is 9.11. The molecule has 2 rings (SSSR count). The van der Waals surface area contributed by atoms with Gasteiger partial charge < -0.3 is 5.11 Å². The van der Waals surface area contributed by atoms with Crippen LogP contribution in [0.25, 0.3) is 0 Å². The van der Waals surface area contributed by atoms with E-state index in [0.717, 1.165) is 32.7 Å². The third kappa shape index (κ3) is 3.56. The molecule has 0 saturated carbocycles. The van der Waals surface area contributed by atoms with Crippen molar-refractivity contribution in [3.63, 3.8) is 0 Å². The van der Waals surface area contributed by atoms with Gasteiger partial charge in [0.25, 0.3) is 0 Å². The van der Waals surface area contributed by atoms with E-state index in [1.807, 2.05) is 0 Å². The van der Waals surface area contributed by atoms with Gasteiger partial charge in [0.1, 0.15) is 0 Å². The van der Waals surface area contributed by atoms with Gasteiger partial charge in [0.15, 0.2) is 0 Å². The van der Waals surface area contributed by atoms with Crippen LogP contribution in [0.1, 0.15) is 29.7 Å². The number of nitrogens with zero attached hydrogens (tertiary/aromatic N) is 2. The minimum Gasteiger partial charge on any atom is -0.395 e. The first-order valence-electron chi connectivity index (χ1n) is 7.26. The molecule has 3 nitrogen and oxygen atoms in total. The van der Waals surface area contributed by atoms with Crippen LogP contribution >= 0.6 is 0 Å². The summed E-state index contributed by atoms with van der Waals surface area (Å²) >= 11 is 0. The predicted octanol–water partition coefficient (Wildman–Crippen LogP) is 1.97. The van der Waals surface area contributed by atoms with Gasteiger partial charge in [0.2, 0.25) is 0 Å². The van der Waals surface area contributed by atoms with Crippen LogP contribution in [0, 0.1) is 13.8 Å². The molecular weight excluding hydrogens is 236 g/mol. The smallest absolute Gasteiger partial charge is 0.0558 e. The van der Waals surface area contributed by atoms with E-state index in [9.17, 15) is 0 Å². The summed E-state index contributed by atoms with van der Waals surface area (Å²) in [5.74, 6) is 0. The van der Waals surface area contributed by atoms with Crippen molar-refractivity contribution in [2.45, 2.75) is 26.8 Å². The van der Waals surface area contributed by atoms with Crippen molar-refractivity contribution in [1.29, 1.82) is 0 Å². The molecule has 1 aliphatic rings. The molecule has 1 unspecified atom stereocenters. The lowest BCUT2D eigenvalue weighted by molar-refractivity contribution is 0.0888. The van der Waals surface area contributed by atoms with Crippen LogP contribution < -0.4 is 0 Å². The standard InChI is InChI=1S/C16H26N2O/c1-13-4-5-16(12-14(13)2)15(3)18-8-6-17(7-9-18)10-11-19/h4-5,12,15,19H,6-11H2,1-3H3. The molecular formula is C16H26N2O. The molecule has 0 bridgehead atoms. The highest BCUT2D eigenvalue weighted by Crippen LogP contribution is 2.23. The molecule has 1 aliphatic heterocycles. The van der Waals surface area contributed by atoms with Gasteiger partial charge in [-0.1, -0.05) is 18.2 Å². The van der Waals surface area contributed by atoms with E-state index in [0.29, 0.717) is 6.04 Å². The molecule has 1 fully saturated rings. The maximum Gasteiger partial charge on any atom is 0.0558 e. The number of piperazine rings is 1. The Hall–Kier alpha value is -0.900. The fraction of sp³-hybridized carbons (Fsp3) is 0.625. The fourth-order valence-electron chi connectivity index (χ4n) is 2.75. The highest BCUT2D eigenvalue weighted by molar-refractivity contribution is 5.31. The molecule has 0 amide bonds. The Balaban J connectivity index is 1.97. The Bertz CT molecular complexity index is 411. The van der Waals surface area contributed by atoms with Crippen molar-refractivity contribution >= 4 is 0 Å². The number of aryl methyl sites for hydroxylation is 2. The first-order valence-corrected chi connectivity index (χ1v) is 7.26. The van der Waals surface area contributed by atoms with Crippen molar-refractivity contribution < 1.29 is 5.11 Å². The minimum atomic E-state index is 0.271. The van der Waals surface area contributed by atoms with Crippen LogP contribution in [-0.2, 0) is 0 Å². The average Bonchev–Trinajstić information content (AvgIpc) is 2.42. The second kappa shape index (κ2) is 6.51. The number of aliphatic hydroxyl groups is 1. The zero-order valence-corrected chi connectivity index (χ0v) is 12.4. The SMILES string of the molecule is Cc1ccc(C(C)N2CCN(CCO)CC2)cc1C. The zero-order chi connectivity index (χ0) is 13.8. The van der Waals surface area contributed by atoms with E-state index in [2.05, 4.69) is 48.8 Å². The summed E-state index contributed by atoms with van der Waals surface area (Å²) in [4.78, 5) is 4.88. The molecule has 1 atom stereocenters. The first kappa shape index (κ1) is 14.5. The number of aliphatic hydroxyl groups excluding tert-OH is 1. The van der Waals surface area contributed by atoms with E-state index in [1.54, 1.807) is 0 Å². The number of hydrogen-bond acceptors (Lipinski definition) is 3. The van der Waals surface area contributed by atoms with E-state index >= 15 is 0 Å². The lowest BCUT2D eigenvalue weighted by Gasteiger charge is -2.38. The van der Waals surface area contributed by atoms with Crippen LogP contribution in [0.3, 0.4) is 0 Å². The molecule has 1 N–H and O–H groups in total. The summed E-state index contributed by atoms with van der Waals surface area (Å²) in [6, 6.07) is 7.28. The summed E-state index contributed by atoms with van der Waals surface area (Å²) < 4.78 is 0. The monoisotopic (exact) mass is 262 g/mol. The van der Waals surface area contributed by atoms with Crippen molar-refractivity contribution in [3.05, 3.63) is 34.9 Å². The van der Waals surface area contributed by atoms with Crippen LogP contribution in [-0.4, -0.2) is 54.2 Å². The van der Waals surface area contributed by atoms with Gasteiger partial charge in [0, 0.05) is 38.8 Å². The lowest BCUT2D eigenvalue weighted by Crippen LogP contribution is -2.47. The van der Waals surface area contributed by atoms with Gasteiger partial charge in [-0.25, -0.2) is 0 Å². The van der Waals surface area contributed by atoms with Crippen molar-refractivity contribution in [3.8, 4) is 0 Å². The third-order valence-corrected chi connectivity index (χ3v) is 4.38. The van der Waals surface area contributed by atoms with Gasteiger partial charge in [-0.15, -0.1) is 0 Å². The molecule has 0 radical (unpaired) electrons. The molecule has 1 heterocycles. The molecule has 0 aromatic heterocycles. The van der Waals surface area contributed by atoms with E-state index < -0.39 is 0 Å². The Morgan fingerprint density at radius 3 is 2.37 bits per heavy atom. The van der Waals surface area contributed by atoms with Crippen molar-refractivity contribution in [2.24, 2.45) is 0 Å². The normalized spacial score (nSPS) is 19.6. The predicted molar refractivity (Wildman–Crippen MR) is 79.4 cm³/mol. The maximum absolute atomic E-state index is 8.97. The van der Waals surface area contributed by atoms with Gasteiger partial charge in [-0.2, -0.15) is 0 Å². The number of rotatable bonds is 4. The maximum atomic E-state index is 8.97. The Morgan fingerprint density at radius 1 is 1.11 bits per heavy atom. The minimum absolute atomic E-state index is 0.271. The van der Waals surface area contributed by atoms with Crippen LogP contribution in [0.2, 0.25) is 0 Å². The number of β-amino-alcohol motifs (C(OH)–C–C–N with tert-alkyl or cyclic N) is 1. The highest BCUT2D eigenvalue weighted by atomic mass is 16.3. The fourth-order valence-corrected chi connectivity index (χ4v) is 2.75. The third-order valence-electron chi connectivity index (χ3n) is 4.38. The number of benzene rings is 1. The van der Waals surface area contributed by atoms with Crippen molar-refractivity contribution in [2.75, 3.05) is 39.3 Å². The van der Waals surface area contributed by atoms with E-state index in [1.165, 1.54) is 16.7 Å². The molecule has 3 heteroatoms. The van der Waals surface area contributed by atoms with Crippen LogP contribution in [0.4, 0.5) is 0 Å². The summed E-state index contributed by atoms with van der Waals surface area (Å²) in [5.41, 5.74) is 4.16. The van der Waals surface area contributed by atoms with E-state index in [-0.39, 0.29) is 6.61 Å². The second-order valence-electron chi connectivity index (χ2n) is 5.62. The Kier molecular flexibility index (Phi) is 4.97. The summed E-state index contributed by atoms with van der Waals surface area (Å²) in [6.07, 6.45) is 0. The lowest BCUT2D eigenvalue weighted by atomic mass is 10.0. The summed E-state index contributed by atoms with van der Waals surface area (Å²) in [5, 5.41) is 8.97. The van der Waals surface area contributed by atoms with E-state index in [4.69, 9.17) is 5.11 Å². The molecule has 19 heavy (non-hydrogen) atoms. The summed E-state index contributed by atoms with van der Waals surface area (Å²) in [6.45, 7) is 12.0. The molecule has 1 aromatic carbocycles.